The highest BCUT2D eigenvalue weighted by Crippen LogP contribution is 2.03. The lowest BCUT2D eigenvalue weighted by atomic mass is 10.2. The van der Waals surface area contributed by atoms with Gasteiger partial charge in [-0.05, 0) is 6.42 Å². The molecule has 0 aromatic carbocycles. The maximum absolute atomic E-state index is 10.4. The molecule has 1 fully saturated rings. The number of hydrogen-bond donors (Lipinski definition) is 1. The van der Waals surface area contributed by atoms with Crippen molar-refractivity contribution in [3.63, 3.8) is 0 Å². The Bertz CT molecular complexity index is 147. The third-order valence-corrected chi connectivity index (χ3v) is 1.15. The molecule has 1 saturated heterocycles. The standard InChI is InChI=1S/C5H6N2O/c6-3-4-1-2-5(8)7-4/h4H,1-2H2,(H,7,8). The highest BCUT2D eigenvalue weighted by Gasteiger charge is 2.18. The van der Waals surface area contributed by atoms with Crippen molar-refractivity contribution in [3.8, 4) is 6.07 Å². The lowest BCUT2D eigenvalue weighted by Crippen LogP contribution is -2.23. The van der Waals surface area contributed by atoms with Gasteiger partial charge in [-0.2, -0.15) is 5.26 Å². The van der Waals surface area contributed by atoms with Crippen LogP contribution < -0.4 is 5.32 Å². The van der Waals surface area contributed by atoms with Gasteiger partial charge < -0.3 is 5.32 Å². The average Bonchev–Trinajstić information content (AvgIpc) is 2.14. The zero-order valence-corrected chi connectivity index (χ0v) is 4.35. The Kier molecular flexibility index (Phi) is 1.17. The quantitative estimate of drug-likeness (QED) is 0.469. The second-order valence-electron chi connectivity index (χ2n) is 1.79. The zero-order valence-electron chi connectivity index (χ0n) is 4.35. The number of nitrogens with zero attached hydrogens (tertiary/aromatic N) is 1. The van der Waals surface area contributed by atoms with Gasteiger partial charge in [0.25, 0.3) is 0 Å². The van der Waals surface area contributed by atoms with Crippen LogP contribution in [0.15, 0.2) is 0 Å². The Morgan fingerprint density at radius 3 is 2.88 bits per heavy atom. The molecular formula is C5H6N2O. The predicted octanol–water partition coefficient (Wildman–Crippen LogP) is -0.211. The first kappa shape index (κ1) is 5.10. The monoisotopic (exact) mass is 110 g/mol. The summed E-state index contributed by atoms with van der Waals surface area (Å²) in [6.45, 7) is 0. The van der Waals surface area contributed by atoms with Gasteiger partial charge in [-0.3, -0.25) is 4.79 Å². The van der Waals surface area contributed by atoms with Crippen molar-refractivity contribution in [2.45, 2.75) is 18.9 Å². The molecule has 1 unspecified atom stereocenters. The normalized spacial score (nSPS) is 26.9. The van der Waals surface area contributed by atoms with E-state index in [0.717, 1.165) is 0 Å². The van der Waals surface area contributed by atoms with Crippen molar-refractivity contribution >= 4 is 5.91 Å². The van der Waals surface area contributed by atoms with Gasteiger partial charge in [0.05, 0.1) is 6.07 Å². The highest BCUT2D eigenvalue weighted by molar-refractivity contribution is 5.78. The van der Waals surface area contributed by atoms with Gasteiger partial charge in [0.15, 0.2) is 0 Å². The first-order valence-electron chi connectivity index (χ1n) is 2.52. The Morgan fingerprint density at radius 2 is 2.62 bits per heavy atom. The lowest BCUT2D eigenvalue weighted by molar-refractivity contribution is -0.119. The van der Waals surface area contributed by atoms with Gasteiger partial charge in [0.1, 0.15) is 6.04 Å². The van der Waals surface area contributed by atoms with Crippen molar-refractivity contribution in [1.82, 2.24) is 5.32 Å². The van der Waals surface area contributed by atoms with Gasteiger partial charge in [0.2, 0.25) is 5.91 Å². The number of nitriles is 1. The smallest absolute Gasteiger partial charge is 0.221 e. The fourth-order valence-corrected chi connectivity index (χ4v) is 0.711. The molecule has 42 valence electrons. The molecule has 0 bridgehead atoms. The largest absolute Gasteiger partial charge is 0.340 e. The summed E-state index contributed by atoms with van der Waals surface area (Å²) in [5.41, 5.74) is 0. The van der Waals surface area contributed by atoms with Crippen LogP contribution in [0.2, 0.25) is 0 Å². The molecule has 0 saturated carbocycles. The Hall–Kier alpha value is -1.04. The minimum Gasteiger partial charge on any atom is -0.340 e. The number of nitrogens with one attached hydrogen (secondary N) is 1. The summed E-state index contributed by atoms with van der Waals surface area (Å²) in [7, 11) is 0. The van der Waals surface area contributed by atoms with Crippen LogP contribution in [-0.2, 0) is 4.79 Å². The molecule has 0 aromatic heterocycles. The summed E-state index contributed by atoms with van der Waals surface area (Å²) in [5, 5.41) is 10.7. The van der Waals surface area contributed by atoms with Crippen LogP contribution in [0.1, 0.15) is 12.8 Å². The fraction of sp³-hybridized carbons (Fsp3) is 0.600. The third-order valence-electron chi connectivity index (χ3n) is 1.15. The molecule has 1 atom stereocenters. The van der Waals surface area contributed by atoms with Gasteiger partial charge in [0, 0.05) is 6.42 Å². The van der Waals surface area contributed by atoms with Crippen LogP contribution in [0, 0.1) is 11.3 Å². The molecule has 3 heteroatoms. The lowest BCUT2D eigenvalue weighted by Gasteiger charge is -1.92. The van der Waals surface area contributed by atoms with E-state index in [2.05, 4.69) is 5.32 Å². The van der Waals surface area contributed by atoms with Gasteiger partial charge >= 0.3 is 0 Å². The van der Waals surface area contributed by atoms with Crippen LogP contribution in [0.5, 0.6) is 0 Å². The van der Waals surface area contributed by atoms with Crippen molar-refractivity contribution in [3.05, 3.63) is 0 Å². The average molecular weight is 110 g/mol. The van der Waals surface area contributed by atoms with Crippen molar-refractivity contribution in [2.75, 3.05) is 0 Å². The second-order valence-corrected chi connectivity index (χ2v) is 1.79. The topological polar surface area (TPSA) is 52.9 Å². The van der Waals surface area contributed by atoms with Crippen LogP contribution in [0.4, 0.5) is 0 Å². The molecular weight excluding hydrogens is 104 g/mol. The minimum absolute atomic E-state index is 0.00319. The van der Waals surface area contributed by atoms with Crippen molar-refractivity contribution < 1.29 is 4.79 Å². The van der Waals surface area contributed by atoms with Gasteiger partial charge in [-0.15, -0.1) is 0 Å². The number of carbonyl (C=O) groups excluding carboxylic acids is 1. The SMILES string of the molecule is N#CC1CCC(=O)N1. The molecule has 0 aromatic rings. The molecule has 3 nitrogen and oxygen atoms in total. The van der Waals surface area contributed by atoms with Crippen LogP contribution in [0.3, 0.4) is 0 Å². The molecule has 1 heterocycles. The number of rotatable bonds is 0. The number of hydrogen-bond acceptors (Lipinski definition) is 2. The van der Waals surface area contributed by atoms with E-state index in [1.807, 2.05) is 6.07 Å². The van der Waals surface area contributed by atoms with E-state index in [1.54, 1.807) is 0 Å². The van der Waals surface area contributed by atoms with E-state index < -0.39 is 0 Å². The summed E-state index contributed by atoms with van der Waals surface area (Å²) in [5.74, 6) is -0.00319. The van der Waals surface area contributed by atoms with Gasteiger partial charge in [-0.25, -0.2) is 0 Å². The molecule has 0 aliphatic carbocycles. The zero-order chi connectivity index (χ0) is 5.98. The van der Waals surface area contributed by atoms with E-state index in [4.69, 9.17) is 5.26 Å². The minimum atomic E-state index is -0.220. The number of carbonyl (C=O) groups is 1. The van der Waals surface area contributed by atoms with Crippen LogP contribution in [-0.4, -0.2) is 11.9 Å². The Labute approximate surface area is 47.3 Å². The number of amides is 1. The van der Waals surface area contributed by atoms with E-state index in [1.165, 1.54) is 0 Å². The summed E-state index contributed by atoms with van der Waals surface area (Å²) >= 11 is 0. The summed E-state index contributed by atoms with van der Waals surface area (Å²) in [6, 6.07) is 1.74. The van der Waals surface area contributed by atoms with Gasteiger partial charge in [-0.1, -0.05) is 0 Å². The molecule has 1 amide bonds. The molecule has 0 radical (unpaired) electrons. The summed E-state index contributed by atoms with van der Waals surface area (Å²) in [4.78, 5) is 10.4. The maximum Gasteiger partial charge on any atom is 0.221 e. The predicted molar refractivity (Wildman–Crippen MR) is 26.8 cm³/mol. The van der Waals surface area contributed by atoms with E-state index >= 15 is 0 Å². The van der Waals surface area contributed by atoms with E-state index in [-0.39, 0.29) is 11.9 Å². The van der Waals surface area contributed by atoms with Crippen LogP contribution >= 0.6 is 0 Å². The molecule has 8 heavy (non-hydrogen) atoms. The van der Waals surface area contributed by atoms with Crippen molar-refractivity contribution in [2.24, 2.45) is 0 Å². The molecule has 1 N–H and O–H groups in total. The molecule has 1 aliphatic heterocycles. The van der Waals surface area contributed by atoms with Crippen molar-refractivity contribution in [1.29, 1.82) is 5.26 Å². The second kappa shape index (κ2) is 1.83. The first-order chi connectivity index (χ1) is 3.83. The van der Waals surface area contributed by atoms with Crippen LogP contribution in [0.25, 0.3) is 0 Å². The summed E-state index contributed by atoms with van der Waals surface area (Å²) < 4.78 is 0. The molecule has 1 aliphatic rings. The van der Waals surface area contributed by atoms with E-state index in [0.29, 0.717) is 12.8 Å². The summed E-state index contributed by atoms with van der Waals surface area (Å²) in [6.07, 6.45) is 1.19. The highest BCUT2D eigenvalue weighted by atomic mass is 16.1. The third kappa shape index (κ3) is 0.784. The molecule has 1 rings (SSSR count). The van der Waals surface area contributed by atoms with E-state index in [9.17, 15) is 4.79 Å². The molecule has 0 spiro atoms. The Morgan fingerprint density at radius 1 is 1.88 bits per heavy atom. The first-order valence-corrected chi connectivity index (χ1v) is 2.52. The maximum atomic E-state index is 10.4. The fourth-order valence-electron chi connectivity index (χ4n) is 0.711. The Balaban J connectivity index is 2.47.